The van der Waals surface area contributed by atoms with Crippen LogP contribution in [0.4, 0.5) is 0 Å². The van der Waals surface area contributed by atoms with Gasteiger partial charge in [-0.25, -0.2) is 0 Å². The third kappa shape index (κ3) is 2.20. The van der Waals surface area contributed by atoms with Crippen molar-refractivity contribution in [3.05, 3.63) is 36.2 Å². The quantitative estimate of drug-likeness (QED) is 0.731. The standard InChI is InChI=1S/C9H9NO2/c1-2-7-3-8(4-9(11)12)6-10-5-7/h2-3,5-6H,1,4H2,(H,11,12). The summed E-state index contributed by atoms with van der Waals surface area (Å²) in [4.78, 5) is 14.2. The molecule has 12 heavy (non-hydrogen) atoms. The smallest absolute Gasteiger partial charge is 0.307 e. The summed E-state index contributed by atoms with van der Waals surface area (Å²) in [5.74, 6) is -0.849. The lowest BCUT2D eigenvalue weighted by Gasteiger charge is -1.96. The molecule has 0 saturated carbocycles. The van der Waals surface area contributed by atoms with Gasteiger partial charge in [-0.3, -0.25) is 9.78 Å². The molecule has 62 valence electrons. The number of aromatic nitrogens is 1. The molecule has 0 unspecified atom stereocenters. The van der Waals surface area contributed by atoms with Crippen molar-refractivity contribution >= 4 is 12.0 Å². The highest BCUT2D eigenvalue weighted by molar-refractivity contribution is 5.70. The lowest BCUT2D eigenvalue weighted by atomic mass is 10.1. The topological polar surface area (TPSA) is 50.2 Å². The van der Waals surface area contributed by atoms with Crippen LogP contribution in [0.25, 0.3) is 6.08 Å². The molecule has 1 rings (SSSR count). The fourth-order valence-electron chi connectivity index (χ4n) is 0.891. The Morgan fingerprint density at radius 1 is 1.67 bits per heavy atom. The number of rotatable bonds is 3. The van der Waals surface area contributed by atoms with E-state index in [0.29, 0.717) is 5.56 Å². The third-order valence-corrected chi connectivity index (χ3v) is 1.41. The Balaban J connectivity index is 2.86. The predicted octanol–water partition coefficient (Wildman–Crippen LogP) is 1.35. The number of hydrogen-bond acceptors (Lipinski definition) is 2. The molecule has 1 N–H and O–H groups in total. The molecule has 3 heteroatoms. The molecule has 0 radical (unpaired) electrons. The fourth-order valence-corrected chi connectivity index (χ4v) is 0.891. The van der Waals surface area contributed by atoms with Gasteiger partial charge in [-0.2, -0.15) is 0 Å². The van der Waals surface area contributed by atoms with Gasteiger partial charge in [0.15, 0.2) is 0 Å². The van der Waals surface area contributed by atoms with Crippen LogP contribution in [0.1, 0.15) is 11.1 Å². The summed E-state index contributed by atoms with van der Waals surface area (Å²) >= 11 is 0. The molecule has 0 spiro atoms. The molecule has 0 aliphatic carbocycles. The van der Waals surface area contributed by atoms with E-state index in [1.165, 1.54) is 0 Å². The Hall–Kier alpha value is -1.64. The average Bonchev–Trinajstić information content (AvgIpc) is 2.03. The maximum absolute atomic E-state index is 10.3. The predicted molar refractivity (Wildman–Crippen MR) is 45.7 cm³/mol. The summed E-state index contributed by atoms with van der Waals surface area (Å²) in [5.41, 5.74) is 1.54. The molecule has 0 saturated heterocycles. The van der Waals surface area contributed by atoms with Crippen molar-refractivity contribution in [2.45, 2.75) is 6.42 Å². The number of carboxylic acid groups (broad SMARTS) is 1. The summed E-state index contributed by atoms with van der Waals surface area (Å²) in [6.07, 6.45) is 4.83. The normalized spacial score (nSPS) is 9.33. The largest absolute Gasteiger partial charge is 0.481 e. The minimum atomic E-state index is -0.849. The van der Waals surface area contributed by atoms with E-state index in [-0.39, 0.29) is 6.42 Å². The first-order chi connectivity index (χ1) is 5.72. The molecule has 0 bridgehead atoms. The zero-order chi connectivity index (χ0) is 8.97. The van der Waals surface area contributed by atoms with Crippen LogP contribution in [-0.2, 0) is 11.2 Å². The molecule has 0 aliphatic heterocycles. The van der Waals surface area contributed by atoms with Crippen molar-refractivity contribution < 1.29 is 9.90 Å². The van der Waals surface area contributed by atoms with E-state index in [1.807, 2.05) is 0 Å². The molecular formula is C9H9NO2. The van der Waals surface area contributed by atoms with Crippen LogP contribution in [0, 0.1) is 0 Å². The van der Waals surface area contributed by atoms with Crippen molar-refractivity contribution in [3.8, 4) is 0 Å². The SMILES string of the molecule is C=Cc1cncc(CC(=O)O)c1. The second-order valence-corrected chi connectivity index (χ2v) is 2.40. The fraction of sp³-hybridized carbons (Fsp3) is 0.111. The van der Waals surface area contributed by atoms with Crippen molar-refractivity contribution in [2.75, 3.05) is 0 Å². The Bertz CT molecular complexity index is 307. The van der Waals surface area contributed by atoms with Crippen LogP contribution in [0.3, 0.4) is 0 Å². The number of carbonyl (C=O) groups is 1. The monoisotopic (exact) mass is 163 g/mol. The van der Waals surface area contributed by atoms with Crippen LogP contribution in [-0.4, -0.2) is 16.1 Å². The second kappa shape index (κ2) is 3.67. The zero-order valence-electron chi connectivity index (χ0n) is 6.53. The van der Waals surface area contributed by atoms with Crippen LogP contribution in [0.2, 0.25) is 0 Å². The Kier molecular flexibility index (Phi) is 2.58. The highest BCUT2D eigenvalue weighted by Crippen LogP contribution is 2.04. The maximum atomic E-state index is 10.3. The van der Waals surface area contributed by atoms with Gasteiger partial charge in [0.2, 0.25) is 0 Å². The molecule has 0 fully saturated rings. The zero-order valence-corrected chi connectivity index (χ0v) is 6.53. The number of aliphatic carboxylic acids is 1. The minimum Gasteiger partial charge on any atom is -0.481 e. The van der Waals surface area contributed by atoms with Gasteiger partial charge >= 0.3 is 5.97 Å². The Morgan fingerprint density at radius 2 is 2.42 bits per heavy atom. The highest BCUT2D eigenvalue weighted by atomic mass is 16.4. The molecule has 0 amide bonds. The van der Waals surface area contributed by atoms with E-state index < -0.39 is 5.97 Å². The molecule has 0 aromatic carbocycles. The second-order valence-electron chi connectivity index (χ2n) is 2.40. The first-order valence-electron chi connectivity index (χ1n) is 3.50. The Morgan fingerprint density at radius 3 is 3.00 bits per heavy atom. The summed E-state index contributed by atoms with van der Waals surface area (Å²) in [6, 6.07) is 1.76. The third-order valence-electron chi connectivity index (χ3n) is 1.41. The first kappa shape index (κ1) is 8.46. The first-order valence-corrected chi connectivity index (χ1v) is 3.50. The van der Waals surface area contributed by atoms with E-state index in [1.54, 1.807) is 24.5 Å². The molecule has 1 heterocycles. The molecule has 1 aromatic heterocycles. The molecule has 0 aliphatic rings. The van der Waals surface area contributed by atoms with Crippen LogP contribution in [0.15, 0.2) is 25.0 Å². The van der Waals surface area contributed by atoms with Gasteiger partial charge in [0.1, 0.15) is 0 Å². The van der Waals surface area contributed by atoms with Gasteiger partial charge in [-0.15, -0.1) is 0 Å². The van der Waals surface area contributed by atoms with Gasteiger partial charge in [0, 0.05) is 12.4 Å². The highest BCUT2D eigenvalue weighted by Gasteiger charge is 1.99. The van der Waals surface area contributed by atoms with Crippen molar-refractivity contribution in [2.24, 2.45) is 0 Å². The lowest BCUT2D eigenvalue weighted by Crippen LogP contribution is -2.00. The van der Waals surface area contributed by atoms with Crippen molar-refractivity contribution in [1.82, 2.24) is 4.98 Å². The van der Waals surface area contributed by atoms with Crippen LogP contribution in [0.5, 0.6) is 0 Å². The van der Waals surface area contributed by atoms with Crippen LogP contribution >= 0.6 is 0 Å². The van der Waals surface area contributed by atoms with Gasteiger partial charge < -0.3 is 5.11 Å². The summed E-state index contributed by atoms with van der Waals surface area (Å²) in [6.45, 7) is 3.56. The van der Waals surface area contributed by atoms with E-state index in [2.05, 4.69) is 11.6 Å². The van der Waals surface area contributed by atoms with Crippen LogP contribution < -0.4 is 0 Å². The van der Waals surface area contributed by atoms with Gasteiger partial charge in [-0.1, -0.05) is 12.7 Å². The maximum Gasteiger partial charge on any atom is 0.307 e. The number of pyridine rings is 1. The van der Waals surface area contributed by atoms with E-state index >= 15 is 0 Å². The minimum absolute atomic E-state index is 0.00861. The van der Waals surface area contributed by atoms with Crippen molar-refractivity contribution in [3.63, 3.8) is 0 Å². The van der Waals surface area contributed by atoms with E-state index in [9.17, 15) is 4.79 Å². The van der Waals surface area contributed by atoms with E-state index in [0.717, 1.165) is 5.56 Å². The number of carboxylic acids is 1. The van der Waals surface area contributed by atoms with Gasteiger partial charge in [0.05, 0.1) is 6.42 Å². The number of nitrogens with zero attached hydrogens (tertiary/aromatic N) is 1. The molecule has 0 atom stereocenters. The Labute approximate surface area is 70.4 Å². The number of hydrogen-bond donors (Lipinski definition) is 1. The van der Waals surface area contributed by atoms with Gasteiger partial charge in [-0.05, 0) is 17.2 Å². The lowest BCUT2D eigenvalue weighted by molar-refractivity contribution is -0.136. The molecular weight excluding hydrogens is 154 g/mol. The molecule has 1 aromatic rings. The van der Waals surface area contributed by atoms with E-state index in [4.69, 9.17) is 5.11 Å². The summed E-state index contributed by atoms with van der Waals surface area (Å²) in [5, 5.41) is 8.48. The van der Waals surface area contributed by atoms with Crippen molar-refractivity contribution in [1.29, 1.82) is 0 Å². The average molecular weight is 163 g/mol. The summed E-state index contributed by atoms with van der Waals surface area (Å²) < 4.78 is 0. The summed E-state index contributed by atoms with van der Waals surface area (Å²) in [7, 11) is 0. The molecule has 3 nitrogen and oxygen atoms in total. The van der Waals surface area contributed by atoms with Gasteiger partial charge in [0.25, 0.3) is 0 Å².